The third kappa shape index (κ3) is 7.50. The highest BCUT2D eigenvalue weighted by Gasteiger charge is 2.31. The molecule has 0 unspecified atom stereocenters. The van der Waals surface area contributed by atoms with E-state index in [0.717, 1.165) is 10.6 Å². The minimum absolute atomic E-state index is 0.0188. The molecule has 0 radical (unpaired) electrons. The van der Waals surface area contributed by atoms with Crippen LogP contribution in [0.15, 0.2) is 42.5 Å². The standard InChI is InChI=1S/C23H28Cl3N3O4S/c1-5-15(2)27-23(31)16(3)28(13-17-10-11-18(24)20(26)12-17)22(30)14-29(34(4,32)33)21-9-7-6-8-19(21)25/h6-12,15-16H,5,13-14H2,1-4H3,(H,27,31)/t15-,16+/m0/s1. The maximum Gasteiger partial charge on any atom is 0.244 e. The van der Waals surface area contributed by atoms with Crippen molar-refractivity contribution in [2.75, 3.05) is 17.1 Å². The van der Waals surface area contributed by atoms with Gasteiger partial charge in [-0.15, -0.1) is 0 Å². The van der Waals surface area contributed by atoms with Gasteiger partial charge in [0.1, 0.15) is 12.6 Å². The van der Waals surface area contributed by atoms with E-state index in [2.05, 4.69) is 5.32 Å². The normalized spacial score (nSPS) is 13.1. The summed E-state index contributed by atoms with van der Waals surface area (Å²) in [7, 11) is -3.86. The van der Waals surface area contributed by atoms with Crippen LogP contribution in [0.1, 0.15) is 32.8 Å². The highest BCUT2D eigenvalue weighted by Crippen LogP contribution is 2.28. The number of carbonyl (C=O) groups excluding carboxylic acids is 2. The average Bonchev–Trinajstić information content (AvgIpc) is 2.77. The lowest BCUT2D eigenvalue weighted by atomic mass is 10.1. The fraction of sp³-hybridized carbons (Fsp3) is 0.391. The van der Waals surface area contributed by atoms with Gasteiger partial charge in [-0.1, -0.05) is 59.9 Å². The Balaban J connectivity index is 2.42. The van der Waals surface area contributed by atoms with Gasteiger partial charge in [-0.2, -0.15) is 0 Å². The maximum absolute atomic E-state index is 13.5. The fourth-order valence-corrected chi connectivity index (χ4v) is 4.60. The first-order chi connectivity index (χ1) is 15.8. The van der Waals surface area contributed by atoms with Gasteiger partial charge in [0.25, 0.3) is 0 Å². The van der Waals surface area contributed by atoms with Crippen molar-refractivity contribution in [1.82, 2.24) is 10.2 Å². The van der Waals surface area contributed by atoms with Crippen molar-refractivity contribution in [3.05, 3.63) is 63.1 Å². The number of carbonyl (C=O) groups is 2. The van der Waals surface area contributed by atoms with Crippen LogP contribution in [0, 0.1) is 0 Å². The van der Waals surface area contributed by atoms with Crippen LogP contribution < -0.4 is 9.62 Å². The molecule has 0 spiro atoms. The zero-order valence-electron chi connectivity index (χ0n) is 19.4. The highest BCUT2D eigenvalue weighted by atomic mass is 35.5. The third-order valence-corrected chi connectivity index (χ3v) is 7.49. The summed E-state index contributed by atoms with van der Waals surface area (Å²) >= 11 is 18.4. The number of halogens is 3. The minimum Gasteiger partial charge on any atom is -0.352 e. The molecule has 0 saturated heterocycles. The summed E-state index contributed by atoms with van der Waals surface area (Å²) in [6, 6.07) is 10.2. The Morgan fingerprint density at radius 3 is 2.21 bits per heavy atom. The number of sulfonamides is 1. The number of hydrogen-bond acceptors (Lipinski definition) is 4. The molecule has 2 rings (SSSR count). The van der Waals surface area contributed by atoms with Crippen molar-refractivity contribution in [3.63, 3.8) is 0 Å². The molecule has 0 bridgehead atoms. The molecule has 0 aliphatic rings. The SMILES string of the molecule is CC[C@H](C)NC(=O)[C@@H](C)N(Cc1ccc(Cl)c(Cl)c1)C(=O)CN(c1ccccc1Cl)S(C)(=O)=O. The first kappa shape index (κ1) is 28.2. The Morgan fingerprint density at radius 1 is 1.00 bits per heavy atom. The van der Waals surface area contributed by atoms with Crippen LogP contribution in [0.3, 0.4) is 0 Å². The lowest BCUT2D eigenvalue weighted by Crippen LogP contribution is -2.52. The van der Waals surface area contributed by atoms with Crippen LogP contribution in [0.2, 0.25) is 15.1 Å². The van der Waals surface area contributed by atoms with Crippen molar-refractivity contribution in [3.8, 4) is 0 Å². The zero-order valence-corrected chi connectivity index (χ0v) is 22.5. The third-order valence-electron chi connectivity index (χ3n) is 5.31. The summed E-state index contributed by atoms with van der Waals surface area (Å²) in [4.78, 5) is 27.7. The average molecular weight is 549 g/mol. The summed E-state index contributed by atoms with van der Waals surface area (Å²) in [5, 5.41) is 3.70. The van der Waals surface area contributed by atoms with Crippen LogP contribution in [-0.2, 0) is 26.2 Å². The number of nitrogens with one attached hydrogen (secondary N) is 1. The summed E-state index contributed by atoms with van der Waals surface area (Å²) in [6.45, 7) is 4.86. The van der Waals surface area contributed by atoms with E-state index < -0.39 is 28.5 Å². The first-order valence-electron chi connectivity index (χ1n) is 10.6. The van der Waals surface area contributed by atoms with Crippen LogP contribution >= 0.6 is 34.8 Å². The van der Waals surface area contributed by atoms with Gasteiger partial charge >= 0.3 is 0 Å². The van der Waals surface area contributed by atoms with E-state index in [4.69, 9.17) is 34.8 Å². The molecule has 2 amide bonds. The first-order valence-corrected chi connectivity index (χ1v) is 13.6. The van der Waals surface area contributed by atoms with E-state index >= 15 is 0 Å². The molecule has 0 saturated carbocycles. The van der Waals surface area contributed by atoms with Crippen LogP contribution in [0.4, 0.5) is 5.69 Å². The zero-order chi connectivity index (χ0) is 25.6. The number of amides is 2. The molecule has 0 fully saturated rings. The van der Waals surface area contributed by atoms with E-state index in [1.807, 2.05) is 13.8 Å². The van der Waals surface area contributed by atoms with Gasteiger partial charge in [0.15, 0.2) is 0 Å². The van der Waals surface area contributed by atoms with Gasteiger partial charge in [0.2, 0.25) is 21.8 Å². The van der Waals surface area contributed by atoms with Crippen molar-refractivity contribution in [2.45, 2.75) is 45.8 Å². The maximum atomic E-state index is 13.5. The number of benzene rings is 2. The molecule has 186 valence electrons. The van der Waals surface area contributed by atoms with Gasteiger partial charge in [0, 0.05) is 12.6 Å². The van der Waals surface area contributed by atoms with Crippen LogP contribution in [-0.4, -0.2) is 50.0 Å². The number of para-hydroxylation sites is 1. The summed E-state index contributed by atoms with van der Waals surface area (Å²) in [6.07, 6.45) is 1.71. The fourth-order valence-electron chi connectivity index (χ4n) is 3.13. The van der Waals surface area contributed by atoms with E-state index in [-0.39, 0.29) is 29.2 Å². The minimum atomic E-state index is -3.86. The van der Waals surface area contributed by atoms with E-state index in [0.29, 0.717) is 22.0 Å². The Hall–Kier alpha value is -2.00. The molecule has 11 heteroatoms. The molecule has 0 heterocycles. The quantitative estimate of drug-likeness (QED) is 0.464. The molecule has 0 aromatic heterocycles. The summed E-state index contributed by atoms with van der Waals surface area (Å²) in [5.74, 6) is -0.936. The van der Waals surface area contributed by atoms with Crippen molar-refractivity contribution >= 4 is 62.3 Å². The van der Waals surface area contributed by atoms with E-state index in [9.17, 15) is 18.0 Å². The van der Waals surface area contributed by atoms with Crippen LogP contribution in [0.25, 0.3) is 0 Å². The molecule has 2 aromatic rings. The van der Waals surface area contributed by atoms with Gasteiger partial charge in [-0.25, -0.2) is 8.42 Å². The number of hydrogen-bond donors (Lipinski definition) is 1. The number of rotatable bonds is 10. The van der Waals surface area contributed by atoms with Gasteiger partial charge in [-0.05, 0) is 50.1 Å². The van der Waals surface area contributed by atoms with E-state index in [1.165, 1.54) is 17.0 Å². The summed E-state index contributed by atoms with van der Waals surface area (Å²) in [5.41, 5.74) is 0.806. The lowest BCUT2D eigenvalue weighted by molar-refractivity contribution is -0.139. The van der Waals surface area contributed by atoms with Crippen molar-refractivity contribution in [1.29, 1.82) is 0 Å². The van der Waals surface area contributed by atoms with Crippen molar-refractivity contribution in [2.24, 2.45) is 0 Å². The molecule has 0 aliphatic heterocycles. The molecule has 0 aliphatic carbocycles. The van der Waals surface area contributed by atoms with Crippen LogP contribution in [0.5, 0.6) is 0 Å². The van der Waals surface area contributed by atoms with Crippen molar-refractivity contribution < 1.29 is 18.0 Å². The molecule has 7 nitrogen and oxygen atoms in total. The molecular formula is C23H28Cl3N3O4S. The predicted molar refractivity (Wildman–Crippen MR) is 138 cm³/mol. The summed E-state index contributed by atoms with van der Waals surface area (Å²) < 4.78 is 26.0. The monoisotopic (exact) mass is 547 g/mol. The van der Waals surface area contributed by atoms with E-state index in [1.54, 1.807) is 37.3 Å². The topological polar surface area (TPSA) is 86.8 Å². The van der Waals surface area contributed by atoms with Gasteiger partial charge in [0.05, 0.1) is 27.0 Å². The highest BCUT2D eigenvalue weighted by molar-refractivity contribution is 7.92. The Labute approximate surface area is 216 Å². The molecule has 2 atom stereocenters. The predicted octanol–water partition coefficient (Wildman–Crippen LogP) is 4.74. The second kappa shape index (κ2) is 12.1. The Bertz CT molecular complexity index is 1140. The Morgan fingerprint density at radius 2 is 1.65 bits per heavy atom. The second-order valence-electron chi connectivity index (χ2n) is 7.99. The molecule has 1 N–H and O–H groups in total. The van der Waals surface area contributed by atoms with Gasteiger partial charge in [-0.3, -0.25) is 13.9 Å². The second-order valence-corrected chi connectivity index (χ2v) is 11.1. The molecular weight excluding hydrogens is 521 g/mol. The lowest BCUT2D eigenvalue weighted by Gasteiger charge is -2.32. The smallest absolute Gasteiger partial charge is 0.244 e. The number of nitrogens with zero attached hydrogens (tertiary/aromatic N) is 2. The van der Waals surface area contributed by atoms with Gasteiger partial charge < -0.3 is 10.2 Å². The molecule has 2 aromatic carbocycles. The molecule has 34 heavy (non-hydrogen) atoms. The largest absolute Gasteiger partial charge is 0.352 e. The Kier molecular flexibility index (Phi) is 10.1. The number of anilines is 1.